The molecule has 6 aromatic heterocycles. The number of aryl methyl sites for hydroxylation is 2. The first-order valence-electron chi connectivity index (χ1n) is 11.0. The zero-order valence-corrected chi connectivity index (χ0v) is 22.1. The van der Waals surface area contributed by atoms with Gasteiger partial charge in [0.05, 0.1) is 11.6 Å². The Balaban J connectivity index is 0.00000280. The molecule has 0 aliphatic rings. The summed E-state index contributed by atoms with van der Waals surface area (Å²) in [7, 11) is 0. The van der Waals surface area contributed by atoms with Crippen molar-refractivity contribution in [1.82, 2.24) is 49.0 Å². The molecular formula is C25H17N11Pt. The van der Waals surface area contributed by atoms with Crippen LogP contribution < -0.4 is 0 Å². The second-order valence-electron chi connectivity index (χ2n) is 8.30. The fraction of sp³-hybridized carbons (Fsp3) is 0.160. The van der Waals surface area contributed by atoms with Crippen LogP contribution in [0.5, 0.6) is 0 Å². The third-order valence-electron chi connectivity index (χ3n) is 6.07. The molecule has 6 heterocycles. The number of rotatable bonds is 4. The Morgan fingerprint density at radius 2 is 1.22 bits per heavy atom. The van der Waals surface area contributed by atoms with Crippen molar-refractivity contribution >= 4 is 22.3 Å². The molecule has 11 nitrogen and oxygen atoms in total. The summed E-state index contributed by atoms with van der Waals surface area (Å²) in [6, 6.07) is 10.9. The molecule has 37 heavy (non-hydrogen) atoms. The van der Waals surface area contributed by atoms with E-state index in [4.69, 9.17) is 16.5 Å². The van der Waals surface area contributed by atoms with Gasteiger partial charge in [0.15, 0.2) is 0 Å². The Kier molecular flexibility index (Phi) is 6.05. The molecule has 0 aromatic carbocycles. The van der Waals surface area contributed by atoms with E-state index in [9.17, 15) is 0 Å². The second kappa shape index (κ2) is 9.22. The fourth-order valence-corrected chi connectivity index (χ4v) is 4.00. The van der Waals surface area contributed by atoms with Gasteiger partial charge in [0.2, 0.25) is 0 Å². The maximum Gasteiger partial charge on any atom is 2.00 e. The van der Waals surface area contributed by atoms with Gasteiger partial charge < -0.3 is 19.1 Å². The van der Waals surface area contributed by atoms with Gasteiger partial charge in [0, 0.05) is 53.3 Å². The number of aromatic nitrogens is 10. The zero-order valence-electron chi connectivity index (χ0n) is 19.9. The molecule has 0 saturated heterocycles. The van der Waals surface area contributed by atoms with Crippen molar-refractivity contribution < 1.29 is 21.1 Å². The van der Waals surface area contributed by atoms with E-state index in [0.29, 0.717) is 45.4 Å². The smallest absolute Gasteiger partial charge is 0.396 e. The Hall–Kier alpha value is -4.42. The van der Waals surface area contributed by atoms with Gasteiger partial charge in [0.1, 0.15) is 24.0 Å². The number of nitrogens with zero attached hydrogens (tertiary/aromatic N) is 11. The molecule has 0 radical (unpaired) electrons. The summed E-state index contributed by atoms with van der Waals surface area (Å²) in [6.07, 6.45) is 8.84. The molecule has 0 bridgehead atoms. The van der Waals surface area contributed by atoms with E-state index in [2.05, 4.69) is 47.4 Å². The van der Waals surface area contributed by atoms with Gasteiger partial charge >= 0.3 is 26.6 Å². The molecule has 0 aliphatic heterocycles. The SMILES string of the molecule is [C-]#[N+]C(C)(c1cccc(-n2[c-]nc3c(C)ncnc32)n1)c1cccc(-n2[c-]nc3c(C)ncnc32)n1.[Pt+2]. The van der Waals surface area contributed by atoms with Crippen molar-refractivity contribution in [2.45, 2.75) is 26.3 Å². The molecule has 0 N–H and O–H groups in total. The molecule has 0 fully saturated rings. The van der Waals surface area contributed by atoms with Crippen molar-refractivity contribution in [1.29, 1.82) is 0 Å². The van der Waals surface area contributed by atoms with Crippen LogP contribution >= 0.6 is 0 Å². The molecular weight excluding hydrogens is 649 g/mol. The van der Waals surface area contributed by atoms with Crippen LogP contribution in [-0.4, -0.2) is 49.0 Å². The minimum absolute atomic E-state index is 0. The number of imidazole rings is 2. The molecule has 0 unspecified atom stereocenters. The maximum absolute atomic E-state index is 8.09. The molecule has 6 aromatic rings. The largest absolute Gasteiger partial charge is 2.00 e. The van der Waals surface area contributed by atoms with Gasteiger partial charge in [-0.25, -0.2) is 6.57 Å². The van der Waals surface area contributed by atoms with E-state index in [1.54, 1.807) is 16.1 Å². The molecule has 0 spiro atoms. The van der Waals surface area contributed by atoms with Crippen molar-refractivity contribution in [3.05, 3.63) is 95.9 Å². The van der Waals surface area contributed by atoms with Crippen molar-refractivity contribution in [2.75, 3.05) is 0 Å². The van der Waals surface area contributed by atoms with Crippen molar-refractivity contribution in [3.63, 3.8) is 0 Å². The summed E-state index contributed by atoms with van der Waals surface area (Å²) in [4.78, 5) is 39.2. The van der Waals surface area contributed by atoms with Crippen LogP contribution in [0.1, 0.15) is 29.7 Å². The van der Waals surface area contributed by atoms with E-state index >= 15 is 0 Å². The summed E-state index contributed by atoms with van der Waals surface area (Å²) in [5.41, 5.74) is 3.87. The number of pyridine rings is 2. The summed E-state index contributed by atoms with van der Waals surface area (Å²) in [5.74, 6) is 1.08. The summed E-state index contributed by atoms with van der Waals surface area (Å²) >= 11 is 0. The molecule has 0 aliphatic carbocycles. The van der Waals surface area contributed by atoms with E-state index in [0.717, 1.165) is 11.4 Å². The third kappa shape index (κ3) is 3.86. The summed E-state index contributed by atoms with van der Waals surface area (Å²) in [5, 5.41) is 0. The van der Waals surface area contributed by atoms with E-state index < -0.39 is 5.54 Å². The molecule has 182 valence electrons. The Labute approximate surface area is 225 Å². The molecule has 0 amide bonds. The Bertz CT molecular complexity index is 1690. The van der Waals surface area contributed by atoms with Gasteiger partial charge in [-0.1, -0.05) is 24.3 Å². The molecule has 0 saturated carbocycles. The van der Waals surface area contributed by atoms with Crippen molar-refractivity contribution in [3.8, 4) is 11.6 Å². The zero-order chi connectivity index (χ0) is 24.9. The van der Waals surface area contributed by atoms with E-state index in [1.807, 2.05) is 50.2 Å². The first-order chi connectivity index (χ1) is 17.5. The van der Waals surface area contributed by atoms with Crippen LogP contribution in [0.4, 0.5) is 0 Å². The predicted octanol–water partition coefficient (Wildman–Crippen LogP) is 3.13. The predicted molar refractivity (Wildman–Crippen MR) is 129 cm³/mol. The van der Waals surface area contributed by atoms with Crippen LogP contribution in [0, 0.1) is 33.1 Å². The first-order valence-corrected chi connectivity index (χ1v) is 11.0. The number of hydrogen-bond donors (Lipinski definition) is 0. The monoisotopic (exact) mass is 666 g/mol. The van der Waals surface area contributed by atoms with Gasteiger partial charge in [-0.15, -0.1) is 0 Å². The third-order valence-corrected chi connectivity index (χ3v) is 6.07. The Morgan fingerprint density at radius 3 is 1.65 bits per heavy atom. The Morgan fingerprint density at radius 1 is 0.757 bits per heavy atom. The summed E-state index contributed by atoms with van der Waals surface area (Å²) < 4.78 is 3.33. The normalized spacial score (nSPS) is 11.4. The average Bonchev–Trinajstić information content (AvgIpc) is 3.55. The maximum atomic E-state index is 8.09. The summed E-state index contributed by atoms with van der Waals surface area (Å²) in [6.45, 7) is 13.6. The van der Waals surface area contributed by atoms with Crippen LogP contribution in [0.15, 0.2) is 49.1 Å². The molecule has 6 rings (SSSR count). The van der Waals surface area contributed by atoms with Crippen molar-refractivity contribution in [2.24, 2.45) is 0 Å². The van der Waals surface area contributed by atoms with Crippen LogP contribution in [0.25, 0.3) is 38.8 Å². The van der Waals surface area contributed by atoms with Crippen LogP contribution in [0.2, 0.25) is 0 Å². The quantitative estimate of drug-likeness (QED) is 0.264. The number of fused-ring (bicyclic) bond motifs is 2. The first kappa shape index (κ1) is 24.3. The van der Waals surface area contributed by atoms with Crippen LogP contribution in [-0.2, 0) is 26.6 Å². The molecule has 0 atom stereocenters. The van der Waals surface area contributed by atoms with Gasteiger partial charge in [-0.3, -0.25) is 34.7 Å². The number of hydrogen-bond acceptors (Lipinski definition) is 8. The second-order valence-corrected chi connectivity index (χ2v) is 8.30. The van der Waals surface area contributed by atoms with Crippen LogP contribution in [0.3, 0.4) is 0 Å². The fourth-order valence-electron chi connectivity index (χ4n) is 4.00. The van der Waals surface area contributed by atoms with Gasteiger partial charge in [-0.05, 0) is 26.0 Å². The average molecular weight is 667 g/mol. The minimum atomic E-state index is -1.17. The topological polar surface area (TPSA) is 117 Å². The minimum Gasteiger partial charge on any atom is -0.396 e. The standard InChI is InChI=1S/C25H17N11.Pt/c1-15-21-23(29-11-27-15)35(13-31-21)19-9-5-7-17(33-19)25(3,26-4)18-8-6-10-20(34-18)36-14-32-22-16(2)28-12-30-24(22)36;/h5-12H,1-3H3;/q-2;+2. The van der Waals surface area contributed by atoms with E-state index in [1.165, 1.54) is 12.7 Å². The van der Waals surface area contributed by atoms with E-state index in [-0.39, 0.29) is 21.1 Å². The van der Waals surface area contributed by atoms with Gasteiger partial charge in [0.25, 0.3) is 0 Å². The van der Waals surface area contributed by atoms with Gasteiger partial charge in [-0.2, -0.15) is 0 Å². The molecule has 12 heteroatoms.